The molecule has 1 aliphatic rings. The minimum atomic E-state index is -3.56. The number of carbonyl (C=O) groups excluding carboxylic acids is 1. The van der Waals surface area contributed by atoms with Crippen LogP contribution in [0, 0.1) is 0 Å². The second kappa shape index (κ2) is 8.18. The number of amides is 1. The Morgan fingerprint density at radius 3 is 2.62 bits per heavy atom. The largest absolute Gasteiger partial charge is 0.333 e. The van der Waals surface area contributed by atoms with Gasteiger partial charge in [0, 0.05) is 23.8 Å². The maximum Gasteiger partial charge on any atom is 0.264 e. The van der Waals surface area contributed by atoms with Crippen molar-refractivity contribution in [3.8, 4) is 0 Å². The van der Waals surface area contributed by atoms with Gasteiger partial charge in [0.2, 0.25) is 10.0 Å². The molecule has 8 heteroatoms. The zero-order valence-corrected chi connectivity index (χ0v) is 17.9. The van der Waals surface area contributed by atoms with Gasteiger partial charge in [0.05, 0.1) is 10.6 Å². The summed E-state index contributed by atoms with van der Waals surface area (Å²) in [6.45, 7) is 1.13. The molecule has 1 aliphatic heterocycles. The number of sulfonamides is 1. The quantitative estimate of drug-likeness (QED) is 0.625. The molecule has 0 radical (unpaired) electrons. The maximum atomic E-state index is 12.6. The van der Waals surface area contributed by atoms with Crippen molar-refractivity contribution in [2.45, 2.75) is 18.7 Å². The first kappa shape index (κ1) is 19.9. The Labute approximate surface area is 179 Å². The number of halogens is 1. The number of carbonyl (C=O) groups is 1. The van der Waals surface area contributed by atoms with Gasteiger partial charge in [-0.25, -0.2) is 8.42 Å². The Morgan fingerprint density at radius 2 is 1.90 bits per heavy atom. The molecule has 0 atom stereocenters. The van der Waals surface area contributed by atoms with E-state index in [4.69, 9.17) is 11.6 Å². The molecule has 0 saturated carbocycles. The third-order valence-electron chi connectivity index (χ3n) is 4.78. The average Bonchev–Trinajstić information content (AvgIpc) is 3.23. The summed E-state index contributed by atoms with van der Waals surface area (Å²) in [6.07, 6.45) is 0.754. The lowest BCUT2D eigenvalue weighted by Crippen LogP contribution is -2.35. The first-order valence-electron chi connectivity index (χ1n) is 9.09. The summed E-state index contributed by atoms with van der Waals surface area (Å²) >= 11 is 7.28. The van der Waals surface area contributed by atoms with Gasteiger partial charge in [-0.2, -0.15) is 0 Å². The molecule has 29 heavy (non-hydrogen) atoms. The van der Waals surface area contributed by atoms with Gasteiger partial charge in [0.1, 0.15) is 0 Å². The number of thiophene rings is 1. The van der Waals surface area contributed by atoms with Crippen LogP contribution in [0.15, 0.2) is 60.0 Å². The van der Waals surface area contributed by atoms with E-state index in [0.29, 0.717) is 34.2 Å². The smallest absolute Gasteiger partial charge is 0.264 e. The Kier molecular flexibility index (Phi) is 5.63. The molecule has 0 unspecified atom stereocenters. The fourth-order valence-electron chi connectivity index (χ4n) is 3.37. The number of hydrogen-bond acceptors (Lipinski definition) is 4. The number of nitrogens with zero attached hydrogens (tertiary/aromatic N) is 1. The van der Waals surface area contributed by atoms with Gasteiger partial charge in [-0.05, 0) is 58.8 Å². The zero-order valence-electron chi connectivity index (χ0n) is 15.5. The van der Waals surface area contributed by atoms with Gasteiger partial charge in [0.15, 0.2) is 0 Å². The molecule has 2 aromatic carbocycles. The summed E-state index contributed by atoms with van der Waals surface area (Å²) < 4.78 is 27.7. The Bertz CT molecular complexity index is 1130. The number of anilines is 1. The van der Waals surface area contributed by atoms with E-state index in [2.05, 4.69) is 4.72 Å². The molecule has 1 aromatic heterocycles. The van der Waals surface area contributed by atoms with Crippen molar-refractivity contribution in [3.05, 3.63) is 86.6 Å². The summed E-state index contributed by atoms with van der Waals surface area (Å²) in [5.41, 5.74) is 3.27. The predicted molar refractivity (Wildman–Crippen MR) is 117 cm³/mol. The van der Waals surface area contributed by atoms with Crippen molar-refractivity contribution in [1.29, 1.82) is 0 Å². The topological polar surface area (TPSA) is 66.5 Å². The fraction of sp³-hybridized carbons (Fsp3) is 0.190. The van der Waals surface area contributed by atoms with Gasteiger partial charge in [0.25, 0.3) is 5.91 Å². The average molecular weight is 447 g/mol. The zero-order chi connectivity index (χ0) is 20.4. The van der Waals surface area contributed by atoms with E-state index in [1.165, 1.54) is 11.3 Å². The van der Waals surface area contributed by atoms with Gasteiger partial charge in [-0.1, -0.05) is 35.9 Å². The lowest BCUT2D eigenvalue weighted by Gasteiger charge is -2.29. The SMILES string of the molecule is O=C(c1cccs1)N1CCc2ccc(NS(=O)(=O)Cc3ccc(Cl)cc3)cc2C1. The van der Waals surface area contributed by atoms with Crippen molar-refractivity contribution >= 4 is 44.6 Å². The van der Waals surface area contributed by atoms with Crippen LogP contribution < -0.4 is 4.72 Å². The number of fused-ring (bicyclic) bond motifs is 1. The second-order valence-electron chi connectivity index (χ2n) is 6.93. The Balaban J connectivity index is 1.48. The summed E-state index contributed by atoms with van der Waals surface area (Å²) in [5, 5.41) is 2.45. The highest BCUT2D eigenvalue weighted by atomic mass is 35.5. The standard InChI is InChI=1S/C21H19ClN2O3S2/c22-18-6-3-15(4-7-18)14-29(26,27)23-19-8-5-16-9-10-24(13-17(16)12-19)21(25)20-2-1-11-28-20/h1-8,11-12,23H,9-10,13-14H2. The van der Waals surface area contributed by atoms with Crippen LogP contribution in [0.4, 0.5) is 5.69 Å². The molecule has 0 aliphatic carbocycles. The number of rotatable bonds is 5. The van der Waals surface area contributed by atoms with E-state index in [0.717, 1.165) is 17.5 Å². The van der Waals surface area contributed by atoms with Crippen LogP contribution in [-0.2, 0) is 28.7 Å². The van der Waals surface area contributed by atoms with Crippen molar-refractivity contribution in [1.82, 2.24) is 4.90 Å². The van der Waals surface area contributed by atoms with E-state index >= 15 is 0 Å². The molecule has 150 valence electrons. The Hall–Kier alpha value is -2.35. The lowest BCUT2D eigenvalue weighted by molar-refractivity contribution is 0.0739. The van der Waals surface area contributed by atoms with Crippen LogP contribution in [0.2, 0.25) is 5.02 Å². The van der Waals surface area contributed by atoms with Gasteiger partial charge < -0.3 is 4.90 Å². The molecular formula is C21H19ClN2O3S2. The van der Waals surface area contributed by atoms with E-state index in [9.17, 15) is 13.2 Å². The first-order valence-corrected chi connectivity index (χ1v) is 12.0. The van der Waals surface area contributed by atoms with Crippen molar-refractivity contribution in [3.63, 3.8) is 0 Å². The second-order valence-corrected chi connectivity index (χ2v) is 10.0. The molecule has 3 aromatic rings. The normalized spacial score (nSPS) is 13.8. The summed E-state index contributed by atoms with van der Waals surface area (Å²) in [4.78, 5) is 15.1. The van der Waals surface area contributed by atoms with Gasteiger partial charge in [-0.15, -0.1) is 11.3 Å². The number of hydrogen-bond donors (Lipinski definition) is 1. The molecule has 1 N–H and O–H groups in total. The fourth-order valence-corrected chi connectivity index (χ4v) is 5.37. The van der Waals surface area contributed by atoms with Gasteiger partial charge >= 0.3 is 0 Å². The van der Waals surface area contributed by atoms with Crippen molar-refractivity contribution < 1.29 is 13.2 Å². The van der Waals surface area contributed by atoms with Crippen LogP contribution in [-0.4, -0.2) is 25.8 Å². The number of benzene rings is 2. The molecule has 1 amide bonds. The highest BCUT2D eigenvalue weighted by molar-refractivity contribution is 7.91. The molecule has 0 fully saturated rings. The molecule has 4 rings (SSSR count). The minimum absolute atomic E-state index is 0.0133. The summed E-state index contributed by atoms with van der Waals surface area (Å²) in [7, 11) is -3.56. The Morgan fingerprint density at radius 1 is 1.10 bits per heavy atom. The monoisotopic (exact) mass is 446 g/mol. The van der Waals surface area contributed by atoms with E-state index < -0.39 is 10.0 Å². The van der Waals surface area contributed by atoms with Crippen LogP contribution in [0.25, 0.3) is 0 Å². The van der Waals surface area contributed by atoms with Crippen LogP contribution in [0.5, 0.6) is 0 Å². The minimum Gasteiger partial charge on any atom is -0.333 e. The van der Waals surface area contributed by atoms with Crippen LogP contribution in [0.3, 0.4) is 0 Å². The molecule has 0 saturated heterocycles. The van der Waals surface area contributed by atoms with Crippen LogP contribution in [0.1, 0.15) is 26.4 Å². The summed E-state index contributed by atoms with van der Waals surface area (Å²) in [5.74, 6) is -0.121. The molecule has 2 heterocycles. The third kappa shape index (κ3) is 4.80. The molecular weight excluding hydrogens is 428 g/mol. The predicted octanol–water partition coefficient (Wildman–Crippen LogP) is 4.54. The summed E-state index contributed by atoms with van der Waals surface area (Å²) in [6, 6.07) is 16.0. The van der Waals surface area contributed by atoms with Crippen LogP contribution >= 0.6 is 22.9 Å². The molecule has 5 nitrogen and oxygen atoms in total. The first-order chi connectivity index (χ1) is 13.9. The molecule has 0 spiro atoms. The maximum absolute atomic E-state index is 12.6. The van der Waals surface area contributed by atoms with E-state index in [1.54, 1.807) is 35.2 Å². The van der Waals surface area contributed by atoms with Crippen molar-refractivity contribution in [2.24, 2.45) is 0 Å². The number of nitrogens with one attached hydrogen (secondary N) is 1. The van der Waals surface area contributed by atoms with Crippen molar-refractivity contribution in [2.75, 3.05) is 11.3 Å². The third-order valence-corrected chi connectivity index (χ3v) is 7.15. The van der Waals surface area contributed by atoms with E-state index in [-0.39, 0.29) is 11.7 Å². The highest BCUT2D eigenvalue weighted by Gasteiger charge is 2.23. The van der Waals surface area contributed by atoms with E-state index in [1.807, 2.05) is 29.6 Å². The lowest BCUT2D eigenvalue weighted by atomic mass is 9.99. The molecule has 0 bridgehead atoms. The highest BCUT2D eigenvalue weighted by Crippen LogP contribution is 2.25. The van der Waals surface area contributed by atoms with Gasteiger partial charge in [-0.3, -0.25) is 9.52 Å².